The van der Waals surface area contributed by atoms with Crippen LogP contribution in [0.25, 0.3) is 0 Å². The molecule has 2 aromatic rings. The second-order valence-electron chi connectivity index (χ2n) is 6.03. The zero-order chi connectivity index (χ0) is 19.4. The molecule has 1 aliphatic heterocycles. The van der Waals surface area contributed by atoms with Crippen molar-refractivity contribution < 1.29 is 23.1 Å². The summed E-state index contributed by atoms with van der Waals surface area (Å²) in [7, 11) is -3.46. The Morgan fingerprint density at radius 2 is 1.63 bits per heavy atom. The van der Waals surface area contributed by atoms with E-state index in [4.69, 9.17) is 5.11 Å². The Balaban J connectivity index is 1.61. The van der Waals surface area contributed by atoms with Crippen molar-refractivity contribution in [3.05, 3.63) is 53.6 Å². The highest BCUT2D eigenvalue weighted by Gasteiger charge is 2.26. The highest BCUT2D eigenvalue weighted by molar-refractivity contribution is 7.89. The second kappa shape index (κ2) is 7.80. The molecule has 1 fully saturated rings. The van der Waals surface area contributed by atoms with Crippen molar-refractivity contribution in [3.8, 4) is 0 Å². The first-order valence-electron chi connectivity index (χ1n) is 8.30. The molecule has 0 saturated carbocycles. The van der Waals surface area contributed by atoms with Gasteiger partial charge in [-0.15, -0.1) is 0 Å². The van der Waals surface area contributed by atoms with Crippen molar-refractivity contribution in [2.75, 3.05) is 13.1 Å². The summed E-state index contributed by atoms with van der Waals surface area (Å²) in [5.74, 6) is -1.73. The van der Waals surface area contributed by atoms with Crippen molar-refractivity contribution in [1.82, 2.24) is 19.6 Å². The first kappa shape index (κ1) is 18.9. The number of sulfonamides is 1. The van der Waals surface area contributed by atoms with Gasteiger partial charge in [0, 0.05) is 19.6 Å². The van der Waals surface area contributed by atoms with Crippen LogP contribution in [0.2, 0.25) is 0 Å². The number of carboxylic acids is 1. The number of nitrogens with one attached hydrogen (secondary N) is 1. The molecular formula is C17H18N4O5S. The molecule has 2 N–H and O–H groups in total. The molecular weight excluding hydrogens is 372 g/mol. The topological polar surface area (TPSA) is 130 Å². The average Bonchev–Trinajstić information content (AvgIpc) is 3.22. The van der Waals surface area contributed by atoms with E-state index in [9.17, 15) is 18.0 Å². The zero-order valence-electron chi connectivity index (χ0n) is 14.3. The Morgan fingerprint density at radius 1 is 1.04 bits per heavy atom. The lowest BCUT2D eigenvalue weighted by Gasteiger charge is -2.15. The number of nitrogens with zero attached hydrogens (tertiary/aromatic N) is 3. The molecule has 0 bridgehead atoms. The van der Waals surface area contributed by atoms with Gasteiger partial charge in [-0.3, -0.25) is 4.79 Å². The first-order chi connectivity index (χ1) is 12.9. The van der Waals surface area contributed by atoms with E-state index in [1.165, 1.54) is 16.4 Å². The smallest absolute Gasteiger partial charge is 0.356 e. The van der Waals surface area contributed by atoms with Crippen LogP contribution in [0.1, 0.15) is 39.4 Å². The molecule has 142 valence electrons. The number of amides is 1. The Kier molecular flexibility index (Phi) is 5.47. The summed E-state index contributed by atoms with van der Waals surface area (Å²) in [6.07, 6.45) is 3.85. The van der Waals surface area contributed by atoms with Crippen LogP contribution in [0.5, 0.6) is 0 Å². The van der Waals surface area contributed by atoms with Gasteiger partial charge >= 0.3 is 5.97 Å². The van der Waals surface area contributed by atoms with Gasteiger partial charge in [0.1, 0.15) is 5.69 Å². The van der Waals surface area contributed by atoms with Crippen molar-refractivity contribution in [2.45, 2.75) is 24.3 Å². The monoisotopic (exact) mass is 390 g/mol. The van der Waals surface area contributed by atoms with Crippen LogP contribution in [0.15, 0.2) is 41.6 Å². The fourth-order valence-electron chi connectivity index (χ4n) is 2.69. The Morgan fingerprint density at radius 3 is 2.19 bits per heavy atom. The van der Waals surface area contributed by atoms with Crippen LogP contribution in [-0.2, 0) is 16.6 Å². The predicted octanol–water partition coefficient (Wildman–Crippen LogP) is 0.889. The van der Waals surface area contributed by atoms with Crippen LogP contribution in [-0.4, -0.2) is 52.8 Å². The molecule has 2 heterocycles. The number of carboxylic acid groups (broad SMARTS) is 1. The fraction of sp³-hybridized carbons (Fsp3) is 0.294. The zero-order valence-corrected chi connectivity index (χ0v) is 15.1. The highest BCUT2D eigenvalue weighted by Crippen LogP contribution is 2.21. The summed E-state index contributed by atoms with van der Waals surface area (Å²) in [5.41, 5.74) is 0.466. The van der Waals surface area contributed by atoms with Crippen LogP contribution >= 0.6 is 0 Å². The average molecular weight is 390 g/mol. The summed E-state index contributed by atoms with van der Waals surface area (Å²) in [5, 5.41) is 11.4. The highest BCUT2D eigenvalue weighted by atomic mass is 32.2. The maximum Gasteiger partial charge on any atom is 0.356 e. The van der Waals surface area contributed by atoms with E-state index in [0.717, 1.165) is 30.8 Å². The van der Waals surface area contributed by atoms with Crippen LogP contribution in [0, 0.1) is 0 Å². The third-order valence-electron chi connectivity index (χ3n) is 4.18. The van der Waals surface area contributed by atoms with Crippen LogP contribution in [0.4, 0.5) is 0 Å². The van der Waals surface area contributed by atoms with Gasteiger partial charge in [-0.2, -0.15) is 4.31 Å². The summed E-state index contributed by atoms with van der Waals surface area (Å²) in [6, 6.07) is 6.33. The van der Waals surface area contributed by atoms with Gasteiger partial charge in [0.05, 0.1) is 17.3 Å². The standard InChI is InChI=1S/C17H18N4O5S/c22-16(14-10-19-15(11-18-14)17(23)24)20-9-12-3-5-13(6-4-12)27(25,26)21-7-1-2-8-21/h3-6,10-11H,1-2,7-9H2,(H,20,22)(H,23,24). The SMILES string of the molecule is O=C(O)c1cnc(C(=O)NCc2ccc(S(=O)(=O)N3CCCC3)cc2)cn1. The number of aromatic nitrogens is 2. The number of benzene rings is 1. The third-order valence-corrected chi connectivity index (χ3v) is 6.10. The summed E-state index contributed by atoms with van der Waals surface area (Å²) in [4.78, 5) is 30.4. The van der Waals surface area contributed by atoms with Gasteiger partial charge < -0.3 is 10.4 Å². The van der Waals surface area contributed by atoms with E-state index in [1.54, 1.807) is 12.1 Å². The minimum atomic E-state index is -3.46. The Hall–Kier alpha value is -2.85. The molecule has 9 nitrogen and oxygen atoms in total. The van der Waals surface area contributed by atoms with Gasteiger partial charge in [0.15, 0.2) is 5.69 Å². The molecule has 3 rings (SSSR count). The van der Waals surface area contributed by atoms with Crippen LogP contribution in [0.3, 0.4) is 0 Å². The van der Waals surface area contributed by atoms with Crippen LogP contribution < -0.4 is 5.32 Å². The molecule has 1 amide bonds. The molecule has 10 heteroatoms. The van der Waals surface area contributed by atoms with E-state index in [2.05, 4.69) is 15.3 Å². The number of aromatic carboxylic acids is 1. The normalized spacial score (nSPS) is 14.8. The molecule has 0 radical (unpaired) electrons. The van der Waals surface area contributed by atoms with Gasteiger partial charge in [0.2, 0.25) is 10.0 Å². The van der Waals surface area contributed by atoms with E-state index >= 15 is 0 Å². The Labute approximate surface area is 156 Å². The molecule has 1 saturated heterocycles. The predicted molar refractivity (Wildman–Crippen MR) is 94.6 cm³/mol. The lowest BCUT2D eigenvalue weighted by Crippen LogP contribution is -2.28. The molecule has 0 aliphatic carbocycles. The van der Waals surface area contributed by atoms with Gasteiger partial charge in [0.25, 0.3) is 5.91 Å². The number of hydrogen-bond acceptors (Lipinski definition) is 6. The first-order valence-corrected chi connectivity index (χ1v) is 9.74. The maximum atomic E-state index is 12.5. The van der Waals surface area contributed by atoms with E-state index in [-0.39, 0.29) is 22.8 Å². The minimum absolute atomic E-state index is 0.00627. The number of carbonyl (C=O) groups excluding carboxylic acids is 1. The quantitative estimate of drug-likeness (QED) is 0.749. The largest absolute Gasteiger partial charge is 0.476 e. The molecule has 27 heavy (non-hydrogen) atoms. The van der Waals surface area contributed by atoms with Crippen molar-refractivity contribution in [3.63, 3.8) is 0 Å². The molecule has 1 aromatic heterocycles. The lowest BCUT2D eigenvalue weighted by molar-refractivity contribution is 0.0689. The fourth-order valence-corrected chi connectivity index (χ4v) is 4.20. The lowest BCUT2D eigenvalue weighted by atomic mass is 10.2. The van der Waals surface area contributed by atoms with Crippen molar-refractivity contribution >= 4 is 21.9 Å². The summed E-state index contributed by atoms with van der Waals surface area (Å²) < 4.78 is 26.4. The van der Waals surface area contributed by atoms with E-state index < -0.39 is 21.9 Å². The minimum Gasteiger partial charge on any atom is -0.476 e. The molecule has 0 atom stereocenters. The van der Waals surface area contributed by atoms with E-state index in [0.29, 0.717) is 13.1 Å². The van der Waals surface area contributed by atoms with Crippen molar-refractivity contribution in [1.29, 1.82) is 0 Å². The van der Waals surface area contributed by atoms with Gasteiger partial charge in [-0.25, -0.2) is 23.2 Å². The number of hydrogen-bond donors (Lipinski definition) is 2. The second-order valence-corrected chi connectivity index (χ2v) is 7.97. The number of carbonyl (C=O) groups is 2. The van der Waals surface area contributed by atoms with E-state index in [1.807, 2.05) is 0 Å². The maximum absolute atomic E-state index is 12.5. The summed E-state index contributed by atoms with van der Waals surface area (Å²) in [6.45, 7) is 1.26. The van der Waals surface area contributed by atoms with Gasteiger partial charge in [-0.1, -0.05) is 12.1 Å². The number of rotatable bonds is 6. The molecule has 1 aliphatic rings. The third kappa shape index (κ3) is 4.29. The van der Waals surface area contributed by atoms with Crippen molar-refractivity contribution in [2.24, 2.45) is 0 Å². The summed E-state index contributed by atoms with van der Waals surface area (Å²) >= 11 is 0. The Bertz CT molecular complexity index is 936. The van der Waals surface area contributed by atoms with Gasteiger partial charge in [-0.05, 0) is 30.5 Å². The molecule has 1 aromatic carbocycles. The molecule has 0 unspecified atom stereocenters. The molecule has 0 spiro atoms.